The van der Waals surface area contributed by atoms with E-state index in [0.29, 0.717) is 12.8 Å². The second-order valence-electron chi connectivity index (χ2n) is 7.33. The molecular weight excluding hydrogens is 328 g/mol. The predicted octanol–water partition coefficient (Wildman–Crippen LogP) is 3.66. The second kappa shape index (κ2) is 9.60. The molecule has 0 aromatic heterocycles. The van der Waals surface area contributed by atoms with Gasteiger partial charge in [0.2, 0.25) is 0 Å². The SMILES string of the molecule is C[C@H](O)CC[C@@H](Cc1ccc(O)cc1)[C@H](Cc1ccc(O)cc1)[C@H](C)O. The van der Waals surface area contributed by atoms with E-state index in [9.17, 15) is 20.4 Å². The second-order valence-corrected chi connectivity index (χ2v) is 7.33. The number of aliphatic hydroxyl groups is 2. The van der Waals surface area contributed by atoms with E-state index in [2.05, 4.69) is 0 Å². The summed E-state index contributed by atoms with van der Waals surface area (Å²) in [6, 6.07) is 14.3. The lowest BCUT2D eigenvalue weighted by atomic mass is 9.77. The third-order valence-electron chi connectivity index (χ3n) is 5.02. The molecule has 0 aliphatic heterocycles. The largest absolute Gasteiger partial charge is 0.508 e. The van der Waals surface area contributed by atoms with Gasteiger partial charge in [-0.15, -0.1) is 0 Å². The molecule has 4 atom stereocenters. The van der Waals surface area contributed by atoms with Crippen LogP contribution in [0, 0.1) is 11.8 Å². The summed E-state index contributed by atoms with van der Waals surface area (Å²) in [4.78, 5) is 0. The maximum absolute atomic E-state index is 10.4. The van der Waals surface area contributed by atoms with E-state index < -0.39 is 6.10 Å². The van der Waals surface area contributed by atoms with Gasteiger partial charge in [-0.25, -0.2) is 0 Å². The molecule has 0 saturated heterocycles. The molecule has 0 fully saturated rings. The number of rotatable bonds is 9. The molecule has 0 aliphatic carbocycles. The third-order valence-corrected chi connectivity index (χ3v) is 5.02. The summed E-state index contributed by atoms with van der Waals surface area (Å²) < 4.78 is 0. The molecule has 0 spiro atoms. The monoisotopic (exact) mass is 358 g/mol. The van der Waals surface area contributed by atoms with Crippen LogP contribution in [0.3, 0.4) is 0 Å². The highest BCUT2D eigenvalue weighted by atomic mass is 16.3. The third kappa shape index (κ3) is 6.36. The lowest BCUT2D eigenvalue weighted by molar-refractivity contribution is 0.0752. The summed E-state index contributed by atoms with van der Waals surface area (Å²) in [5.41, 5.74) is 2.18. The number of aliphatic hydroxyl groups excluding tert-OH is 2. The zero-order valence-electron chi connectivity index (χ0n) is 15.5. The first kappa shape index (κ1) is 20.3. The zero-order chi connectivity index (χ0) is 19.1. The van der Waals surface area contributed by atoms with Gasteiger partial charge >= 0.3 is 0 Å². The van der Waals surface area contributed by atoms with Gasteiger partial charge in [-0.2, -0.15) is 0 Å². The summed E-state index contributed by atoms with van der Waals surface area (Å²) in [5.74, 6) is 0.706. The van der Waals surface area contributed by atoms with Gasteiger partial charge in [-0.05, 0) is 86.8 Å². The molecule has 0 heterocycles. The minimum absolute atomic E-state index is 0.0343. The van der Waals surface area contributed by atoms with Gasteiger partial charge in [0.1, 0.15) is 11.5 Å². The summed E-state index contributed by atoms with van der Waals surface area (Å²) in [5, 5.41) is 39.1. The number of phenols is 2. The molecule has 26 heavy (non-hydrogen) atoms. The fraction of sp³-hybridized carbons (Fsp3) is 0.455. The van der Waals surface area contributed by atoms with Crippen LogP contribution in [0.25, 0.3) is 0 Å². The van der Waals surface area contributed by atoms with Crippen LogP contribution >= 0.6 is 0 Å². The van der Waals surface area contributed by atoms with Crippen LogP contribution in [0.5, 0.6) is 11.5 Å². The first-order chi connectivity index (χ1) is 12.3. The van der Waals surface area contributed by atoms with E-state index in [1.807, 2.05) is 31.2 Å². The first-order valence-corrected chi connectivity index (χ1v) is 9.27. The van der Waals surface area contributed by atoms with Crippen molar-refractivity contribution < 1.29 is 20.4 Å². The Balaban J connectivity index is 2.19. The summed E-state index contributed by atoms with van der Waals surface area (Å²) in [7, 11) is 0. The standard InChI is InChI=1S/C22H30O4/c1-15(23)3-8-19(13-17-4-9-20(25)10-5-17)22(16(2)24)14-18-6-11-21(26)12-7-18/h4-7,9-12,15-16,19,22-26H,3,8,13-14H2,1-2H3/t15-,16-,19-,22+/m0/s1. The van der Waals surface area contributed by atoms with E-state index >= 15 is 0 Å². The Labute approximate surface area is 155 Å². The Hall–Kier alpha value is -2.04. The highest BCUT2D eigenvalue weighted by Crippen LogP contribution is 2.30. The fourth-order valence-electron chi connectivity index (χ4n) is 3.49. The predicted molar refractivity (Wildman–Crippen MR) is 103 cm³/mol. The quantitative estimate of drug-likeness (QED) is 0.551. The van der Waals surface area contributed by atoms with Crippen molar-refractivity contribution in [3.63, 3.8) is 0 Å². The van der Waals surface area contributed by atoms with Crippen molar-refractivity contribution in [2.24, 2.45) is 11.8 Å². The first-order valence-electron chi connectivity index (χ1n) is 9.27. The average molecular weight is 358 g/mol. The van der Waals surface area contributed by atoms with Gasteiger partial charge in [0.15, 0.2) is 0 Å². The number of hydrogen-bond acceptors (Lipinski definition) is 4. The summed E-state index contributed by atoms with van der Waals surface area (Å²) in [6.45, 7) is 3.60. The normalized spacial score (nSPS) is 16.0. The van der Waals surface area contributed by atoms with Crippen molar-refractivity contribution >= 4 is 0 Å². The van der Waals surface area contributed by atoms with Crippen LogP contribution in [-0.4, -0.2) is 32.6 Å². The zero-order valence-corrected chi connectivity index (χ0v) is 15.5. The van der Waals surface area contributed by atoms with Crippen molar-refractivity contribution in [2.45, 2.75) is 51.7 Å². The summed E-state index contributed by atoms with van der Waals surface area (Å²) >= 11 is 0. The molecular formula is C22H30O4. The van der Waals surface area contributed by atoms with Gasteiger partial charge in [0.05, 0.1) is 12.2 Å². The van der Waals surface area contributed by atoms with E-state index in [0.717, 1.165) is 24.0 Å². The lowest BCUT2D eigenvalue weighted by Crippen LogP contribution is -2.30. The number of hydrogen-bond donors (Lipinski definition) is 4. The molecule has 0 aliphatic rings. The molecule has 4 N–H and O–H groups in total. The highest BCUT2D eigenvalue weighted by molar-refractivity contribution is 5.27. The molecule has 4 heteroatoms. The van der Waals surface area contributed by atoms with Gasteiger partial charge in [0, 0.05) is 0 Å². The maximum atomic E-state index is 10.4. The topological polar surface area (TPSA) is 80.9 Å². The van der Waals surface area contributed by atoms with Crippen LogP contribution in [0.2, 0.25) is 0 Å². The molecule has 2 aromatic rings. The van der Waals surface area contributed by atoms with Crippen LogP contribution in [0.1, 0.15) is 37.8 Å². The van der Waals surface area contributed by atoms with Crippen molar-refractivity contribution in [1.29, 1.82) is 0 Å². The van der Waals surface area contributed by atoms with Crippen LogP contribution < -0.4 is 0 Å². The smallest absolute Gasteiger partial charge is 0.115 e. The van der Waals surface area contributed by atoms with Gasteiger partial charge in [-0.3, -0.25) is 0 Å². The minimum atomic E-state index is -0.486. The van der Waals surface area contributed by atoms with E-state index in [1.165, 1.54) is 0 Å². The molecule has 2 rings (SSSR count). The lowest BCUT2D eigenvalue weighted by Gasteiger charge is -2.30. The van der Waals surface area contributed by atoms with Crippen molar-refractivity contribution in [1.82, 2.24) is 0 Å². The van der Waals surface area contributed by atoms with Gasteiger partial charge in [-0.1, -0.05) is 24.3 Å². The number of benzene rings is 2. The Morgan fingerprint density at radius 3 is 1.58 bits per heavy atom. The Morgan fingerprint density at radius 1 is 0.692 bits per heavy atom. The van der Waals surface area contributed by atoms with Crippen molar-refractivity contribution in [3.8, 4) is 11.5 Å². The average Bonchev–Trinajstić information content (AvgIpc) is 2.59. The molecule has 2 aromatic carbocycles. The van der Waals surface area contributed by atoms with Crippen molar-refractivity contribution in [2.75, 3.05) is 0 Å². The number of aromatic hydroxyl groups is 2. The molecule has 0 radical (unpaired) electrons. The van der Waals surface area contributed by atoms with Crippen LogP contribution in [0.15, 0.2) is 48.5 Å². The molecule has 0 amide bonds. The van der Waals surface area contributed by atoms with Gasteiger partial charge < -0.3 is 20.4 Å². The maximum Gasteiger partial charge on any atom is 0.115 e. The Kier molecular flexibility index (Phi) is 7.49. The van der Waals surface area contributed by atoms with Crippen molar-refractivity contribution in [3.05, 3.63) is 59.7 Å². The molecule has 0 unspecified atom stereocenters. The van der Waals surface area contributed by atoms with E-state index in [-0.39, 0.29) is 29.4 Å². The van der Waals surface area contributed by atoms with Crippen LogP contribution in [0.4, 0.5) is 0 Å². The van der Waals surface area contributed by atoms with E-state index in [1.54, 1.807) is 31.2 Å². The molecule has 4 nitrogen and oxygen atoms in total. The van der Waals surface area contributed by atoms with E-state index in [4.69, 9.17) is 0 Å². The van der Waals surface area contributed by atoms with Gasteiger partial charge in [0.25, 0.3) is 0 Å². The molecule has 0 saturated carbocycles. The van der Waals surface area contributed by atoms with Crippen LogP contribution in [-0.2, 0) is 12.8 Å². The molecule has 142 valence electrons. The summed E-state index contributed by atoms with van der Waals surface area (Å²) in [6.07, 6.45) is 2.12. The highest BCUT2D eigenvalue weighted by Gasteiger charge is 2.26. The Bertz CT molecular complexity index is 647. The fourth-order valence-corrected chi connectivity index (χ4v) is 3.49. The Morgan fingerprint density at radius 2 is 1.15 bits per heavy atom. The number of phenolic OH excluding ortho intramolecular Hbond substituents is 2. The molecule has 0 bridgehead atoms. The minimum Gasteiger partial charge on any atom is -0.508 e.